The second kappa shape index (κ2) is 8.39. The lowest BCUT2D eigenvalue weighted by Crippen LogP contribution is -2.12. The number of halogens is 3. The highest BCUT2D eigenvalue weighted by Gasteiger charge is 2.37. The molecule has 0 radical (unpaired) electrons. The molecule has 11 heteroatoms. The number of hydrogen-bond donors (Lipinski definition) is 0. The topological polar surface area (TPSA) is 62.1 Å². The molecule has 28 heavy (non-hydrogen) atoms. The van der Waals surface area contributed by atoms with Crippen LogP contribution in [0.15, 0.2) is 28.7 Å². The van der Waals surface area contributed by atoms with E-state index in [0.717, 1.165) is 32.6 Å². The summed E-state index contributed by atoms with van der Waals surface area (Å²) >= 11 is 2.60. The van der Waals surface area contributed by atoms with Crippen LogP contribution in [0.5, 0.6) is 11.5 Å². The smallest absolute Gasteiger partial charge is 0.451 e. The van der Waals surface area contributed by atoms with Gasteiger partial charge in [-0.25, -0.2) is 4.98 Å². The lowest BCUT2D eigenvalue weighted by molar-refractivity contribution is -0.147. The average Bonchev–Trinajstić information content (AvgIpc) is 3.27. The van der Waals surface area contributed by atoms with Gasteiger partial charge in [-0.1, -0.05) is 11.8 Å². The minimum atomic E-state index is -4.53. The summed E-state index contributed by atoms with van der Waals surface area (Å²) in [6.45, 7) is 2.43. The molecule has 3 aromatic rings. The van der Waals surface area contributed by atoms with Crippen LogP contribution >= 0.6 is 23.1 Å². The largest absolute Gasteiger partial charge is 0.493 e. The predicted molar refractivity (Wildman–Crippen MR) is 101 cm³/mol. The first-order valence-corrected chi connectivity index (χ1v) is 10.0. The average molecular weight is 430 g/mol. The number of thioether (sulfide) groups is 1. The van der Waals surface area contributed by atoms with Crippen molar-refractivity contribution in [2.75, 3.05) is 13.7 Å². The van der Waals surface area contributed by atoms with Gasteiger partial charge in [0.1, 0.15) is 5.01 Å². The number of benzene rings is 1. The highest BCUT2D eigenvalue weighted by Crippen LogP contribution is 2.35. The van der Waals surface area contributed by atoms with Gasteiger partial charge in [0.25, 0.3) is 0 Å². The third-order valence-electron chi connectivity index (χ3n) is 3.70. The minimum Gasteiger partial charge on any atom is -0.493 e. The third-order valence-corrected chi connectivity index (χ3v) is 5.69. The van der Waals surface area contributed by atoms with Crippen molar-refractivity contribution in [3.05, 3.63) is 35.1 Å². The summed E-state index contributed by atoms with van der Waals surface area (Å²) in [5, 5.41) is 9.67. The molecule has 0 aliphatic heterocycles. The molecule has 0 bridgehead atoms. The number of thiazole rings is 1. The molecule has 2 heterocycles. The van der Waals surface area contributed by atoms with E-state index in [2.05, 4.69) is 15.2 Å². The highest BCUT2D eigenvalue weighted by atomic mass is 32.2. The summed E-state index contributed by atoms with van der Waals surface area (Å²) in [7, 11) is 2.87. The summed E-state index contributed by atoms with van der Waals surface area (Å²) in [6.07, 6.45) is -4.53. The van der Waals surface area contributed by atoms with Crippen molar-refractivity contribution >= 4 is 23.1 Å². The fourth-order valence-corrected chi connectivity index (χ4v) is 4.13. The van der Waals surface area contributed by atoms with Crippen LogP contribution in [0.3, 0.4) is 0 Å². The van der Waals surface area contributed by atoms with Crippen LogP contribution in [0.2, 0.25) is 0 Å². The van der Waals surface area contributed by atoms with Crippen molar-refractivity contribution in [2.45, 2.75) is 24.0 Å². The highest BCUT2D eigenvalue weighted by molar-refractivity contribution is 7.98. The Morgan fingerprint density at radius 1 is 1.21 bits per heavy atom. The Labute approximate surface area is 167 Å². The molecular weight excluding hydrogens is 413 g/mol. The first-order valence-electron chi connectivity index (χ1n) is 8.18. The van der Waals surface area contributed by atoms with E-state index in [-0.39, 0.29) is 5.16 Å². The van der Waals surface area contributed by atoms with E-state index >= 15 is 0 Å². The van der Waals surface area contributed by atoms with Crippen molar-refractivity contribution in [1.29, 1.82) is 0 Å². The van der Waals surface area contributed by atoms with Crippen LogP contribution in [-0.2, 0) is 19.0 Å². The molecule has 0 saturated heterocycles. The lowest BCUT2D eigenvalue weighted by atomic mass is 10.2. The first kappa shape index (κ1) is 20.5. The summed E-state index contributed by atoms with van der Waals surface area (Å²) in [6, 6.07) is 5.56. The molecule has 0 spiro atoms. The zero-order valence-electron chi connectivity index (χ0n) is 15.3. The zero-order valence-corrected chi connectivity index (χ0v) is 16.9. The quantitative estimate of drug-likeness (QED) is 0.508. The van der Waals surface area contributed by atoms with E-state index in [4.69, 9.17) is 9.47 Å². The Kier molecular flexibility index (Phi) is 6.14. The Hall–Kier alpha value is -2.27. The van der Waals surface area contributed by atoms with Gasteiger partial charge in [-0.3, -0.25) is 0 Å². The number of nitrogens with zero attached hydrogens (tertiary/aromatic N) is 4. The molecule has 150 valence electrons. The van der Waals surface area contributed by atoms with Gasteiger partial charge in [0.2, 0.25) is 5.82 Å². The van der Waals surface area contributed by atoms with Gasteiger partial charge < -0.3 is 14.0 Å². The molecule has 6 nitrogen and oxygen atoms in total. The maximum atomic E-state index is 12.8. The number of ether oxygens (including phenoxy) is 2. The molecule has 0 amide bonds. The van der Waals surface area contributed by atoms with Crippen molar-refractivity contribution in [3.63, 3.8) is 0 Å². The van der Waals surface area contributed by atoms with E-state index in [1.165, 1.54) is 18.4 Å². The molecule has 3 rings (SSSR count). The maximum Gasteiger partial charge on any atom is 0.451 e. The molecule has 0 atom stereocenters. The Balaban J connectivity index is 1.72. The molecular formula is C17H17F3N4O2S2. The van der Waals surface area contributed by atoms with Gasteiger partial charge in [0.05, 0.1) is 19.4 Å². The predicted octanol–water partition coefficient (Wildman–Crippen LogP) is 4.66. The van der Waals surface area contributed by atoms with Crippen LogP contribution in [0, 0.1) is 0 Å². The molecule has 2 aromatic heterocycles. The van der Waals surface area contributed by atoms with Crippen molar-refractivity contribution in [1.82, 2.24) is 19.7 Å². The van der Waals surface area contributed by atoms with E-state index in [0.29, 0.717) is 23.9 Å². The van der Waals surface area contributed by atoms with Crippen LogP contribution in [0.4, 0.5) is 13.2 Å². The molecule has 0 unspecified atom stereocenters. The van der Waals surface area contributed by atoms with Crippen LogP contribution in [0.1, 0.15) is 18.4 Å². The third kappa shape index (κ3) is 4.41. The fraction of sp³-hybridized carbons (Fsp3) is 0.353. The van der Waals surface area contributed by atoms with Gasteiger partial charge in [-0.15, -0.1) is 21.5 Å². The molecule has 0 saturated carbocycles. The Morgan fingerprint density at radius 2 is 2.00 bits per heavy atom. The number of hydrogen-bond acceptors (Lipinski definition) is 7. The van der Waals surface area contributed by atoms with E-state index in [1.807, 2.05) is 30.5 Å². The van der Waals surface area contributed by atoms with Crippen molar-refractivity contribution < 1.29 is 22.6 Å². The molecule has 0 fully saturated rings. The Morgan fingerprint density at radius 3 is 2.64 bits per heavy atom. The maximum absolute atomic E-state index is 12.8. The molecule has 0 N–H and O–H groups in total. The van der Waals surface area contributed by atoms with Gasteiger partial charge in [0, 0.05) is 23.7 Å². The summed E-state index contributed by atoms with van der Waals surface area (Å²) in [5.41, 5.74) is 1.62. The van der Waals surface area contributed by atoms with Crippen molar-refractivity contribution in [2.24, 2.45) is 7.05 Å². The lowest BCUT2D eigenvalue weighted by Gasteiger charge is -2.09. The van der Waals surface area contributed by atoms with Gasteiger partial charge >= 0.3 is 6.18 Å². The summed E-state index contributed by atoms with van der Waals surface area (Å²) < 4.78 is 50.2. The van der Waals surface area contributed by atoms with Gasteiger partial charge in [0.15, 0.2) is 16.7 Å². The normalized spacial score (nSPS) is 11.6. The van der Waals surface area contributed by atoms with Crippen molar-refractivity contribution in [3.8, 4) is 22.1 Å². The molecule has 1 aromatic carbocycles. The number of aromatic nitrogens is 4. The van der Waals surface area contributed by atoms with E-state index in [9.17, 15) is 13.2 Å². The standard InChI is InChI=1S/C17H17F3N4O2S2/c1-4-26-12-6-5-10(7-13(12)25-3)14-21-11(8-27-14)9-28-16-23-22-15(24(16)2)17(18,19)20/h5-8H,4,9H2,1-3H3. The van der Waals surface area contributed by atoms with Gasteiger partial charge in [-0.2, -0.15) is 13.2 Å². The Bertz CT molecular complexity index is 956. The van der Waals surface area contributed by atoms with E-state index < -0.39 is 12.0 Å². The van der Waals surface area contributed by atoms with Gasteiger partial charge in [-0.05, 0) is 25.1 Å². The SMILES string of the molecule is CCOc1ccc(-c2nc(CSc3nnc(C(F)(F)F)n3C)cs2)cc1OC. The number of alkyl halides is 3. The minimum absolute atomic E-state index is 0.185. The van der Waals surface area contributed by atoms with E-state index in [1.54, 1.807) is 7.11 Å². The number of rotatable bonds is 7. The summed E-state index contributed by atoms with van der Waals surface area (Å²) in [4.78, 5) is 4.55. The second-order valence-electron chi connectivity index (χ2n) is 5.59. The molecule has 0 aliphatic rings. The second-order valence-corrected chi connectivity index (χ2v) is 7.39. The number of methoxy groups -OCH3 is 1. The molecule has 0 aliphatic carbocycles. The van der Waals surface area contributed by atoms with Crippen LogP contribution in [0.25, 0.3) is 10.6 Å². The first-order chi connectivity index (χ1) is 13.3. The monoisotopic (exact) mass is 430 g/mol. The van der Waals surface area contributed by atoms with Crippen LogP contribution in [-0.4, -0.2) is 33.5 Å². The van der Waals surface area contributed by atoms with Crippen LogP contribution < -0.4 is 9.47 Å². The summed E-state index contributed by atoms with van der Waals surface area (Å²) in [5.74, 6) is 0.637. The zero-order chi connectivity index (χ0) is 20.3. The fourth-order valence-electron chi connectivity index (χ4n) is 2.41.